The first kappa shape index (κ1) is 18.7. The van der Waals surface area contributed by atoms with Crippen molar-refractivity contribution in [3.05, 3.63) is 71.7 Å². The van der Waals surface area contributed by atoms with E-state index in [2.05, 4.69) is 29.0 Å². The number of hydrogen-bond donors (Lipinski definition) is 1. The highest BCUT2D eigenvalue weighted by Crippen LogP contribution is 2.15. The average Bonchev–Trinajstić information content (AvgIpc) is 3.09. The second-order valence-corrected chi connectivity index (χ2v) is 7.53. The number of imidazole rings is 1. The quantitative estimate of drug-likeness (QED) is 0.742. The first-order chi connectivity index (χ1) is 13.6. The zero-order chi connectivity index (χ0) is 19.5. The summed E-state index contributed by atoms with van der Waals surface area (Å²) in [4.78, 5) is 19.4. The van der Waals surface area contributed by atoms with E-state index in [1.165, 1.54) is 5.56 Å². The molecule has 0 spiro atoms. The van der Waals surface area contributed by atoms with Crippen LogP contribution in [0.25, 0.3) is 5.65 Å². The van der Waals surface area contributed by atoms with E-state index in [9.17, 15) is 4.79 Å². The fraction of sp³-hybridized carbons (Fsp3) is 0.364. The first-order valence-corrected chi connectivity index (χ1v) is 9.74. The molecule has 2 atom stereocenters. The van der Waals surface area contributed by atoms with Gasteiger partial charge in [0, 0.05) is 37.6 Å². The highest BCUT2D eigenvalue weighted by atomic mass is 16.5. The smallest absolute Gasteiger partial charge is 0.251 e. The monoisotopic (exact) mass is 378 g/mol. The Hall–Kier alpha value is -2.70. The van der Waals surface area contributed by atoms with Gasteiger partial charge in [0.05, 0.1) is 24.4 Å². The van der Waals surface area contributed by atoms with Crippen molar-refractivity contribution >= 4 is 11.6 Å². The Kier molecular flexibility index (Phi) is 5.41. The highest BCUT2D eigenvalue weighted by molar-refractivity contribution is 5.94. The van der Waals surface area contributed by atoms with Gasteiger partial charge in [-0.25, -0.2) is 4.98 Å². The predicted octanol–water partition coefficient (Wildman–Crippen LogP) is 2.87. The van der Waals surface area contributed by atoms with E-state index in [0.29, 0.717) is 12.1 Å². The van der Waals surface area contributed by atoms with Gasteiger partial charge in [0.1, 0.15) is 5.65 Å². The molecule has 0 saturated carbocycles. The molecule has 1 N–H and O–H groups in total. The Bertz CT molecular complexity index is 908. The zero-order valence-corrected chi connectivity index (χ0v) is 16.3. The molecule has 6 nitrogen and oxygen atoms in total. The molecule has 0 radical (unpaired) electrons. The molecule has 1 aromatic carbocycles. The maximum absolute atomic E-state index is 12.4. The Balaban J connectivity index is 1.33. The maximum Gasteiger partial charge on any atom is 0.251 e. The van der Waals surface area contributed by atoms with E-state index in [1.807, 2.05) is 59.3 Å². The summed E-state index contributed by atoms with van der Waals surface area (Å²) in [7, 11) is 0. The lowest BCUT2D eigenvalue weighted by Crippen LogP contribution is -2.44. The van der Waals surface area contributed by atoms with Crippen LogP contribution < -0.4 is 5.32 Å². The summed E-state index contributed by atoms with van der Waals surface area (Å²) in [6, 6.07) is 13.7. The van der Waals surface area contributed by atoms with Crippen LogP contribution in [-0.4, -0.2) is 45.5 Å². The molecule has 1 fully saturated rings. The Labute approximate surface area is 165 Å². The van der Waals surface area contributed by atoms with E-state index in [-0.39, 0.29) is 18.1 Å². The zero-order valence-electron chi connectivity index (χ0n) is 16.3. The molecule has 6 heteroatoms. The van der Waals surface area contributed by atoms with E-state index in [1.54, 1.807) is 0 Å². The molecule has 1 saturated heterocycles. The van der Waals surface area contributed by atoms with Crippen molar-refractivity contribution in [3.8, 4) is 0 Å². The summed E-state index contributed by atoms with van der Waals surface area (Å²) < 4.78 is 7.73. The predicted molar refractivity (Wildman–Crippen MR) is 108 cm³/mol. The standard InChI is InChI=1S/C22H26N4O2/c1-16-12-25(13-17(2)28-16)14-18-6-8-19(9-7-18)22(27)23-11-20-15-26-10-4-3-5-21(26)24-20/h3-10,15-17H,11-14H2,1-2H3,(H,23,27)/t16-,17-/m1/s1. The van der Waals surface area contributed by atoms with Crippen molar-refractivity contribution in [3.63, 3.8) is 0 Å². The number of amides is 1. The van der Waals surface area contributed by atoms with Crippen molar-refractivity contribution in [1.29, 1.82) is 0 Å². The number of rotatable bonds is 5. The van der Waals surface area contributed by atoms with Crippen LogP contribution in [0.4, 0.5) is 0 Å². The van der Waals surface area contributed by atoms with E-state index in [4.69, 9.17) is 4.74 Å². The second kappa shape index (κ2) is 8.12. The Morgan fingerprint density at radius 3 is 2.61 bits per heavy atom. The molecule has 0 unspecified atom stereocenters. The van der Waals surface area contributed by atoms with Crippen LogP contribution in [0.15, 0.2) is 54.9 Å². The third kappa shape index (κ3) is 4.40. The maximum atomic E-state index is 12.4. The van der Waals surface area contributed by atoms with Gasteiger partial charge < -0.3 is 14.5 Å². The summed E-state index contributed by atoms with van der Waals surface area (Å²) in [5.74, 6) is -0.0859. The topological polar surface area (TPSA) is 58.9 Å². The lowest BCUT2D eigenvalue weighted by atomic mass is 10.1. The van der Waals surface area contributed by atoms with Crippen molar-refractivity contribution < 1.29 is 9.53 Å². The number of carbonyl (C=O) groups excluding carboxylic acids is 1. The Morgan fingerprint density at radius 1 is 1.14 bits per heavy atom. The number of nitrogens with one attached hydrogen (secondary N) is 1. The summed E-state index contributed by atoms with van der Waals surface area (Å²) in [6.07, 6.45) is 4.40. The molecule has 0 aliphatic carbocycles. The highest BCUT2D eigenvalue weighted by Gasteiger charge is 2.22. The van der Waals surface area contributed by atoms with E-state index >= 15 is 0 Å². The number of morpholine rings is 1. The van der Waals surface area contributed by atoms with Gasteiger partial charge in [0.2, 0.25) is 0 Å². The largest absolute Gasteiger partial charge is 0.373 e. The van der Waals surface area contributed by atoms with E-state index < -0.39 is 0 Å². The van der Waals surface area contributed by atoms with Gasteiger partial charge in [-0.15, -0.1) is 0 Å². The minimum Gasteiger partial charge on any atom is -0.373 e. The molecular weight excluding hydrogens is 352 g/mol. The van der Waals surface area contributed by atoms with Gasteiger partial charge >= 0.3 is 0 Å². The normalized spacial score (nSPS) is 20.4. The summed E-state index contributed by atoms with van der Waals surface area (Å²) in [5.41, 5.74) is 3.59. The summed E-state index contributed by atoms with van der Waals surface area (Å²) >= 11 is 0. The minimum atomic E-state index is -0.0859. The number of carbonyl (C=O) groups is 1. The molecule has 1 aliphatic rings. The average molecular weight is 378 g/mol. The second-order valence-electron chi connectivity index (χ2n) is 7.53. The van der Waals surface area contributed by atoms with Gasteiger partial charge in [-0.1, -0.05) is 18.2 Å². The van der Waals surface area contributed by atoms with Crippen LogP contribution in [0.1, 0.15) is 35.5 Å². The van der Waals surface area contributed by atoms with Gasteiger partial charge in [-0.3, -0.25) is 9.69 Å². The number of nitrogens with zero attached hydrogens (tertiary/aromatic N) is 3. The number of ether oxygens (including phenoxy) is 1. The molecule has 0 bridgehead atoms. The number of pyridine rings is 1. The molecule has 28 heavy (non-hydrogen) atoms. The first-order valence-electron chi connectivity index (χ1n) is 9.74. The Morgan fingerprint density at radius 2 is 1.89 bits per heavy atom. The molecule has 4 rings (SSSR count). The van der Waals surface area contributed by atoms with Crippen LogP contribution in [0.3, 0.4) is 0 Å². The summed E-state index contributed by atoms with van der Waals surface area (Å²) in [6.45, 7) is 7.38. The number of benzene rings is 1. The van der Waals surface area contributed by atoms with Crippen molar-refractivity contribution in [2.75, 3.05) is 13.1 Å². The van der Waals surface area contributed by atoms with Crippen LogP contribution >= 0.6 is 0 Å². The molecular formula is C22H26N4O2. The minimum absolute atomic E-state index is 0.0859. The fourth-order valence-corrected chi connectivity index (χ4v) is 3.78. The molecule has 1 aliphatic heterocycles. The van der Waals surface area contributed by atoms with Crippen molar-refractivity contribution in [1.82, 2.24) is 19.6 Å². The van der Waals surface area contributed by atoms with Gasteiger partial charge in [-0.05, 0) is 43.7 Å². The molecule has 1 amide bonds. The van der Waals surface area contributed by atoms with E-state index in [0.717, 1.165) is 31.0 Å². The van der Waals surface area contributed by atoms with Crippen LogP contribution in [0.2, 0.25) is 0 Å². The molecule has 146 valence electrons. The summed E-state index contributed by atoms with van der Waals surface area (Å²) in [5, 5.41) is 2.95. The number of aromatic nitrogens is 2. The molecule has 3 heterocycles. The number of fused-ring (bicyclic) bond motifs is 1. The van der Waals surface area contributed by atoms with Crippen molar-refractivity contribution in [2.45, 2.75) is 39.1 Å². The third-order valence-electron chi connectivity index (χ3n) is 4.96. The van der Waals surface area contributed by atoms with Gasteiger partial charge in [0.15, 0.2) is 0 Å². The fourth-order valence-electron chi connectivity index (χ4n) is 3.78. The third-order valence-corrected chi connectivity index (χ3v) is 4.96. The van der Waals surface area contributed by atoms with Crippen LogP contribution in [0.5, 0.6) is 0 Å². The molecule has 3 aromatic rings. The van der Waals surface area contributed by atoms with Gasteiger partial charge in [0.25, 0.3) is 5.91 Å². The van der Waals surface area contributed by atoms with Gasteiger partial charge in [-0.2, -0.15) is 0 Å². The SMILES string of the molecule is C[C@@H]1CN(Cc2ccc(C(=O)NCc3cn4ccccc4n3)cc2)C[C@@H](C)O1. The molecule has 2 aromatic heterocycles. The van der Waals surface area contributed by atoms with Crippen LogP contribution in [-0.2, 0) is 17.8 Å². The van der Waals surface area contributed by atoms with Crippen molar-refractivity contribution in [2.24, 2.45) is 0 Å². The lowest BCUT2D eigenvalue weighted by molar-refractivity contribution is -0.0704. The van der Waals surface area contributed by atoms with Crippen LogP contribution in [0, 0.1) is 0 Å². The lowest BCUT2D eigenvalue weighted by Gasteiger charge is -2.35. The number of hydrogen-bond acceptors (Lipinski definition) is 4.